The first-order chi connectivity index (χ1) is 13.6. The summed E-state index contributed by atoms with van der Waals surface area (Å²) in [5.74, 6) is -1.29. The van der Waals surface area contributed by atoms with Crippen LogP contribution in [0, 0.1) is 5.92 Å². The van der Waals surface area contributed by atoms with Crippen LogP contribution in [0.3, 0.4) is 0 Å². The minimum atomic E-state index is -1.07. The van der Waals surface area contributed by atoms with Gasteiger partial charge in [0.25, 0.3) is 0 Å². The van der Waals surface area contributed by atoms with Crippen LogP contribution in [0.15, 0.2) is 53.3 Å². The second-order valence-electron chi connectivity index (χ2n) is 6.32. The predicted octanol–water partition coefficient (Wildman–Crippen LogP) is 4.48. The maximum atomic E-state index is 12.6. The topological polar surface area (TPSA) is 105 Å². The van der Waals surface area contributed by atoms with Crippen LogP contribution >= 0.6 is 0 Å². The highest BCUT2D eigenvalue weighted by Gasteiger charge is 2.26. The molecule has 0 radical (unpaired) electrons. The van der Waals surface area contributed by atoms with Gasteiger partial charge in [0.2, 0.25) is 11.8 Å². The van der Waals surface area contributed by atoms with Gasteiger partial charge in [0.15, 0.2) is 0 Å². The number of carbonyl (C=O) groups is 2. The van der Waals surface area contributed by atoms with E-state index in [2.05, 4.69) is 15.5 Å². The molecule has 0 aliphatic carbocycles. The van der Waals surface area contributed by atoms with Crippen LogP contribution in [0.4, 0.5) is 5.88 Å². The van der Waals surface area contributed by atoms with Gasteiger partial charge in [0.05, 0.1) is 11.1 Å². The Morgan fingerprint density at radius 2 is 1.79 bits per heavy atom. The lowest BCUT2D eigenvalue weighted by Gasteiger charge is -2.13. The lowest BCUT2D eigenvalue weighted by Crippen LogP contribution is -2.21. The summed E-state index contributed by atoms with van der Waals surface area (Å²) in [6, 6.07) is 10.1. The molecule has 0 spiro atoms. The number of amides is 1. The number of hydrogen-bond acceptors (Lipinski definition) is 5. The van der Waals surface area contributed by atoms with Gasteiger partial charge in [0, 0.05) is 29.4 Å². The van der Waals surface area contributed by atoms with Crippen LogP contribution in [0.1, 0.15) is 37.0 Å². The SMILES string of the molecule is CCC(CC)C(=O)Nc1onc(-c2ccncc2)c1-c1ccccc1C(=O)O. The zero-order valence-corrected chi connectivity index (χ0v) is 15.7. The summed E-state index contributed by atoms with van der Waals surface area (Å²) in [6.07, 6.45) is 4.60. The van der Waals surface area contributed by atoms with E-state index in [4.69, 9.17) is 4.52 Å². The molecule has 2 aromatic heterocycles. The standard InChI is InChI=1S/C21H21N3O4/c1-3-13(4-2)19(25)23-20-17(15-7-5-6-8-16(15)21(26)27)18(24-28-20)14-9-11-22-12-10-14/h5-13H,3-4H2,1-2H3,(H,23,25)(H,26,27). The highest BCUT2D eigenvalue weighted by atomic mass is 16.5. The molecule has 0 unspecified atom stereocenters. The second kappa shape index (κ2) is 8.47. The Balaban J connectivity index is 2.16. The molecule has 3 rings (SSSR count). The van der Waals surface area contributed by atoms with Crippen molar-refractivity contribution in [1.82, 2.24) is 10.1 Å². The predicted molar refractivity (Wildman–Crippen MR) is 105 cm³/mol. The van der Waals surface area contributed by atoms with Gasteiger partial charge in [-0.2, -0.15) is 0 Å². The highest BCUT2D eigenvalue weighted by molar-refractivity contribution is 6.03. The number of anilines is 1. The van der Waals surface area contributed by atoms with Crippen LogP contribution in [-0.4, -0.2) is 27.1 Å². The molecule has 0 fully saturated rings. The van der Waals surface area contributed by atoms with E-state index in [0.29, 0.717) is 35.2 Å². The van der Waals surface area contributed by atoms with Crippen LogP contribution in [0.2, 0.25) is 0 Å². The molecule has 0 aliphatic rings. The molecular weight excluding hydrogens is 358 g/mol. The molecular formula is C21H21N3O4. The number of carbonyl (C=O) groups excluding carboxylic acids is 1. The van der Waals surface area contributed by atoms with Gasteiger partial charge < -0.3 is 9.63 Å². The first-order valence-corrected chi connectivity index (χ1v) is 9.10. The number of pyridine rings is 1. The van der Waals surface area contributed by atoms with Crippen molar-refractivity contribution in [3.8, 4) is 22.4 Å². The van der Waals surface area contributed by atoms with Crippen molar-refractivity contribution in [2.24, 2.45) is 5.92 Å². The summed E-state index contributed by atoms with van der Waals surface area (Å²) >= 11 is 0. The Bertz CT molecular complexity index is 978. The summed E-state index contributed by atoms with van der Waals surface area (Å²) in [4.78, 5) is 28.3. The maximum Gasteiger partial charge on any atom is 0.336 e. The number of carboxylic acids is 1. The fourth-order valence-corrected chi connectivity index (χ4v) is 3.09. The van der Waals surface area contributed by atoms with Gasteiger partial charge in [-0.25, -0.2) is 4.79 Å². The molecule has 2 N–H and O–H groups in total. The average Bonchev–Trinajstić information content (AvgIpc) is 3.12. The van der Waals surface area contributed by atoms with Crippen LogP contribution in [0.5, 0.6) is 0 Å². The third-order valence-corrected chi connectivity index (χ3v) is 4.67. The summed E-state index contributed by atoms with van der Waals surface area (Å²) in [5.41, 5.74) is 2.10. The molecule has 0 aliphatic heterocycles. The van der Waals surface area contributed by atoms with E-state index >= 15 is 0 Å². The number of rotatable bonds is 7. The fraction of sp³-hybridized carbons (Fsp3) is 0.238. The molecule has 0 saturated heterocycles. The summed E-state index contributed by atoms with van der Waals surface area (Å²) < 4.78 is 5.45. The number of hydrogen-bond donors (Lipinski definition) is 2. The van der Waals surface area contributed by atoms with Gasteiger partial charge in [0.1, 0.15) is 5.69 Å². The third kappa shape index (κ3) is 3.78. The zero-order chi connectivity index (χ0) is 20.1. The van der Waals surface area contributed by atoms with E-state index in [1.807, 2.05) is 13.8 Å². The normalized spacial score (nSPS) is 10.8. The summed E-state index contributed by atoms with van der Waals surface area (Å²) in [6.45, 7) is 3.88. The van der Waals surface area contributed by atoms with Gasteiger partial charge >= 0.3 is 5.97 Å². The van der Waals surface area contributed by atoms with Crippen molar-refractivity contribution >= 4 is 17.8 Å². The van der Waals surface area contributed by atoms with Gasteiger partial charge in [-0.1, -0.05) is 37.2 Å². The van der Waals surface area contributed by atoms with E-state index < -0.39 is 5.97 Å². The van der Waals surface area contributed by atoms with Crippen LogP contribution in [0.25, 0.3) is 22.4 Å². The van der Waals surface area contributed by atoms with E-state index in [0.717, 1.165) is 0 Å². The third-order valence-electron chi connectivity index (χ3n) is 4.67. The van der Waals surface area contributed by atoms with Gasteiger partial charge in [-0.3, -0.25) is 15.1 Å². The molecule has 1 aromatic carbocycles. The Labute approximate surface area is 162 Å². The van der Waals surface area contributed by atoms with E-state index in [9.17, 15) is 14.7 Å². The molecule has 0 atom stereocenters. The minimum absolute atomic E-state index is 0.0963. The molecule has 7 heteroatoms. The summed E-state index contributed by atoms with van der Waals surface area (Å²) in [7, 11) is 0. The monoisotopic (exact) mass is 379 g/mol. The Kier molecular flexibility index (Phi) is 5.84. The van der Waals surface area contributed by atoms with Crippen molar-refractivity contribution in [3.63, 3.8) is 0 Å². The van der Waals surface area contributed by atoms with Crippen molar-refractivity contribution in [1.29, 1.82) is 0 Å². The smallest absolute Gasteiger partial charge is 0.336 e. The molecule has 1 amide bonds. The molecule has 0 bridgehead atoms. The lowest BCUT2D eigenvalue weighted by molar-refractivity contribution is -0.120. The Morgan fingerprint density at radius 3 is 2.43 bits per heavy atom. The molecule has 144 valence electrons. The Morgan fingerprint density at radius 1 is 1.11 bits per heavy atom. The Hall–Kier alpha value is -3.48. The molecule has 0 saturated carbocycles. The van der Waals surface area contributed by atoms with Crippen molar-refractivity contribution < 1.29 is 19.2 Å². The molecule has 2 heterocycles. The summed E-state index contributed by atoms with van der Waals surface area (Å²) in [5, 5.41) is 16.5. The zero-order valence-electron chi connectivity index (χ0n) is 15.7. The van der Waals surface area contributed by atoms with E-state index in [-0.39, 0.29) is 23.3 Å². The number of nitrogens with zero attached hydrogens (tertiary/aromatic N) is 2. The fourth-order valence-electron chi connectivity index (χ4n) is 3.09. The molecule has 28 heavy (non-hydrogen) atoms. The lowest BCUT2D eigenvalue weighted by atomic mass is 9.96. The second-order valence-corrected chi connectivity index (χ2v) is 6.32. The number of carboxylic acid groups (broad SMARTS) is 1. The van der Waals surface area contributed by atoms with E-state index in [1.165, 1.54) is 6.07 Å². The quantitative estimate of drug-likeness (QED) is 0.627. The maximum absolute atomic E-state index is 12.6. The van der Waals surface area contributed by atoms with Crippen LogP contribution < -0.4 is 5.32 Å². The first kappa shape index (κ1) is 19.3. The number of benzene rings is 1. The molecule has 3 aromatic rings. The van der Waals surface area contributed by atoms with Gasteiger partial charge in [-0.05, 0) is 31.0 Å². The van der Waals surface area contributed by atoms with Crippen LogP contribution in [-0.2, 0) is 4.79 Å². The van der Waals surface area contributed by atoms with Crippen molar-refractivity contribution in [2.75, 3.05) is 5.32 Å². The van der Waals surface area contributed by atoms with Gasteiger partial charge in [-0.15, -0.1) is 0 Å². The van der Waals surface area contributed by atoms with Crippen molar-refractivity contribution in [3.05, 3.63) is 54.4 Å². The number of nitrogens with one attached hydrogen (secondary N) is 1. The molecule has 7 nitrogen and oxygen atoms in total. The largest absolute Gasteiger partial charge is 0.478 e. The number of aromatic carboxylic acids is 1. The first-order valence-electron chi connectivity index (χ1n) is 9.10. The average molecular weight is 379 g/mol. The highest BCUT2D eigenvalue weighted by Crippen LogP contribution is 2.39. The van der Waals surface area contributed by atoms with Crippen molar-refractivity contribution in [2.45, 2.75) is 26.7 Å². The number of aromatic nitrogens is 2. The minimum Gasteiger partial charge on any atom is -0.478 e. The van der Waals surface area contributed by atoms with E-state index in [1.54, 1.807) is 42.7 Å².